The normalized spacial score (nSPS) is 14.1. The predicted molar refractivity (Wildman–Crippen MR) is 226 cm³/mol. The van der Waals surface area contributed by atoms with Crippen LogP contribution in [0.15, 0.2) is 109 Å². The molecule has 0 amide bonds. The zero-order valence-electron chi connectivity index (χ0n) is 34.8. The molecule has 0 heterocycles. The molecule has 55 heavy (non-hydrogen) atoms. The SMILES string of the molecule is CC/C=C/C/C=C/C/C=C/C/C=C/C/C=C/C/C=C/CCC(=O)OC(COCCC(C(=O)[O-])[N+](C)(C)C)COC(=O)CCCC/C=C/C/C=C/C/C=C/CC. The number of carbonyl (C=O) groups is 3. The molecule has 0 aromatic rings. The maximum absolute atomic E-state index is 12.7. The molecule has 0 bridgehead atoms. The maximum atomic E-state index is 12.7. The van der Waals surface area contributed by atoms with Crippen molar-refractivity contribution in [3.63, 3.8) is 0 Å². The molecule has 8 heteroatoms. The van der Waals surface area contributed by atoms with Gasteiger partial charge in [0.15, 0.2) is 6.10 Å². The second-order valence-corrected chi connectivity index (χ2v) is 14.1. The van der Waals surface area contributed by atoms with Gasteiger partial charge in [-0.1, -0.05) is 123 Å². The number of carboxylic acid groups (broad SMARTS) is 1. The van der Waals surface area contributed by atoms with Crippen LogP contribution >= 0.6 is 0 Å². The van der Waals surface area contributed by atoms with Crippen LogP contribution < -0.4 is 5.11 Å². The standard InChI is InChI=1S/C47H73NO7/c1-6-8-10-12-14-16-18-20-21-22-23-24-25-26-28-30-32-34-36-38-46(50)55-43(41-53-40-39-44(47(51)52)48(3,4)5)42-54-45(49)37-35-33-31-29-27-19-17-15-13-11-9-7-2/h8-11,14-17,20-21,23-24,26-29,32,34,43-44H,6-7,12-13,18-19,22,25,30-31,33,35-42H2,1-5H3/b10-8+,11-9+,16-14+,17-15+,21-20+,24-23+,28-26+,29-27+,34-32+. The molecule has 0 aliphatic heterocycles. The molecule has 2 atom stereocenters. The fraction of sp³-hybridized carbons (Fsp3) is 0.553. The Balaban J connectivity index is 4.59. The Kier molecular flexibility index (Phi) is 34.2. The fourth-order valence-electron chi connectivity index (χ4n) is 5.05. The quantitative estimate of drug-likeness (QED) is 0.0279. The highest BCUT2D eigenvalue weighted by Gasteiger charge is 2.25. The summed E-state index contributed by atoms with van der Waals surface area (Å²) in [5.74, 6) is -1.92. The van der Waals surface area contributed by atoms with Gasteiger partial charge in [0, 0.05) is 19.3 Å². The number of ether oxygens (including phenoxy) is 3. The smallest absolute Gasteiger partial charge is 0.306 e. The monoisotopic (exact) mass is 764 g/mol. The van der Waals surface area contributed by atoms with E-state index in [2.05, 4.69) is 111 Å². The number of esters is 2. The first-order chi connectivity index (χ1) is 26.6. The molecule has 0 saturated carbocycles. The van der Waals surface area contributed by atoms with Crippen LogP contribution in [-0.2, 0) is 28.6 Å². The Morgan fingerprint density at radius 3 is 1.42 bits per heavy atom. The molecule has 0 radical (unpaired) electrons. The summed E-state index contributed by atoms with van der Waals surface area (Å²) in [6.45, 7) is 4.26. The highest BCUT2D eigenvalue weighted by Crippen LogP contribution is 2.10. The number of carboxylic acids is 1. The molecule has 0 aromatic carbocycles. The lowest BCUT2D eigenvalue weighted by molar-refractivity contribution is -0.889. The van der Waals surface area contributed by atoms with E-state index in [0.29, 0.717) is 12.8 Å². The van der Waals surface area contributed by atoms with E-state index in [1.54, 1.807) is 21.1 Å². The van der Waals surface area contributed by atoms with Crippen LogP contribution in [0.3, 0.4) is 0 Å². The van der Waals surface area contributed by atoms with Gasteiger partial charge in [-0.3, -0.25) is 9.59 Å². The van der Waals surface area contributed by atoms with E-state index in [-0.39, 0.29) is 49.5 Å². The molecule has 0 rings (SSSR count). The van der Waals surface area contributed by atoms with Crippen molar-refractivity contribution in [2.75, 3.05) is 41.0 Å². The molecule has 0 saturated heterocycles. The van der Waals surface area contributed by atoms with Crippen LogP contribution in [0.2, 0.25) is 0 Å². The minimum absolute atomic E-state index is 0.00995. The lowest BCUT2D eigenvalue weighted by atomic mass is 10.1. The third kappa shape index (κ3) is 35.4. The molecule has 0 spiro atoms. The second-order valence-electron chi connectivity index (χ2n) is 14.1. The molecule has 0 aliphatic rings. The first-order valence-electron chi connectivity index (χ1n) is 20.4. The van der Waals surface area contributed by atoms with Crippen LogP contribution in [0.5, 0.6) is 0 Å². The summed E-state index contributed by atoms with van der Waals surface area (Å²) in [6.07, 6.45) is 50.0. The first-order valence-corrected chi connectivity index (χ1v) is 20.4. The highest BCUT2D eigenvalue weighted by atomic mass is 16.6. The minimum Gasteiger partial charge on any atom is -0.544 e. The summed E-state index contributed by atoms with van der Waals surface area (Å²) in [5, 5.41) is 11.6. The van der Waals surface area contributed by atoms with Crippen molar-refractivity contribution in [1.29, 1.82) is 0 Å². The Bertz CT molecular complexity index is 1260. The average molecular weight is 764 g/mol. The summed E-state index contributed by atoms with van der Waals surface area (Å²) < 4.78 is 17.0. The van der Waals surface area contributed by atoms with Crippen LogP contribution in [-0.4, -0.2) is 75.5 Å². The van der Waals surface area contributed by atoms with Crippen molar-refractivity contribution in [3.8, 4) is 0 Å². The third-order valence-electron chi connectivity index (χ3n) is 8.17. The summed E-state index contributed by atoms with van der Waals surface area (Å²) in [5.41, 5.74) is 0. The van der Waals surface area contributed by atoms with Gasteiger partial charge in [-0.05, 0) is 83.5 Å². The molecular weight excluding hydrogens is 691 g/mol. The van der Waals surface area contributed by atoms with Gasteiger partial charge < -0.3 is 28.6 Å². The topological polar surface area (TPSA) is 102 Å². The van der Waals surface area contributed by atoms with Crippen LogP contribution in [0.1, 0.15) is 117 Å². The largest absolute Gasteiger partial charge is 0.544 e. The number of hydrogen-bond donors (Lipinski definition) is 0. The Labute approximate surface area is 334 Å². The van der Waals surface area contributed by atoms with Crippen LogP contribution in [0, 0.1) is 0 Å². The first kappa shape index (κ1) is 51.0. The molecule has 0 aromatic heterocycles. The molecular formula is C47H73NO7. The number of unbranched alkanes of at least 4 members (excludes halogenated alkanes) is 2. The number of carbonyl (C=O) groups excluding carboxylic acids is 3. The molecule has 0 aliphatic carbocycles. The van der Waals surface area contributed by atoms with E-state index in [0.717, 1.165) is 70.6 Å². The van der Waals surface area contributed by atoms with Crippen molar-refractivity contribution < 1.29 is 38.2 Å². The van der Waals surface area contributed by atoms with E-state index in [9.17, 15) is 19.5 Å². The third-order valence-corrected chi connectivity index (χ3v) is 8.17. The number of quaternary nitrogens is 1. The zero-order valence-corrected chi connectivity index (χ0v) is 34.8. The van der Waals surface area contributed by atoms with Crippen molar-refractivity contribution in [2.45, 2.75) is 129 Å². The van der Waals surface area contributed by atoms with Gasteiger partial charge in [-0.25, -0.2) is 0 Å². The van der Waals surface area contributed by atoms with Gasteiger partial charge in [0.25, 0.3) is 0 Å². The molecule has 0 fully saturated rings. The number of likely N-dealkylation sites (N-methyl/N-ethyl adjacent to an activating group) is 1. The van der Waals surface area contributed by atoms with E-state index in [1.165, 1.54) is 0 Å². The van der Waals surface area contributed by atoms with Crippen molar-refractivity contribution in [2.24, 2.45) is 0 Å². The summed E-state index contributed by atoms with van der Waals surface area (Å²) in [7, 11) is 5.35. The van der Waals surface area contributed by atoms with Crippen LogP contribution in [0.4, 0.5) is 0 Å². The summed E-state index contributed by atoms with van der Waals surface area (Å²) in [4.78, 5) is 36.7. The Morgan fingerprint density at radius 1 is 0.545 bits per heavy atom. The molecule has 8 nitrogen and oxygen atoms in total. The fourth-order valence-corrected chi connectivity index (χ4v) is 5.05. The van der Waals surface area contributed by atoms with E-state index >= 15 is 0 Å². The van der Waals surface area contributed by atoms with E-state index < -0.39 is 24.1 Å². The van der Waals surface area contributed by atoms with Gasteiger partial charge in [0.2, 0.25) is 0 Å². The Hall–Kier alpha value is -4.01. The zero-order chi connectivity index (χ0) is 40.7. The second kappa shape index (κ2) is 36.9. The highest BCUT2D eigenvalue weighted by molar-refractivity contribution is 5.70. The summed E-state index contributed by atoms with van der Waals surface area (Å²) >= 11 is 0. The molecule has 308 valence electrons. The van der Waals surface area contributed by atoms with Crippen molar-refractivity contribution >= 4 is 17.9 Å². The van der Waals surface area contributed by atoms with Gasteiger partial charge in [0.05, 0.1) is 40.3 Å². The lowest BCUT2D eigenvalue weighted by Gasteiger charge is -2.34. The minimum atomic E-state index is -1.15. The number of allylic oxidation sites excluding steroid dienone is 18. The lowest BCUT2D eigenvalue weighted by Crippen LogP contribution is -2.55. The summed E-state index contributed by atoms with van der Waals surface area (Å²) in [6, 6.07) is -0.750. The molecule has 0 N–H and O–H groups in total. The number of rotatable bonds is 34. The number of aliphatic carboxylic acids is 1. The van der Waals surface area contributed by atoms with E-state index in [1.807, 2.05) is 12.2 Å². The maximum Gasteiger partial charge on any atom is 0.306 e. The van der Waals surface area contributed by atoms with Crippen molar-refractivity contribution in [1.82, 2.24) is 0 Å². The average Bonchev–Trinajstić information content (AvgIpc) is 3.14. The predicted octanol–water partition coefficient (Wildman–Crippen LogP) is 9.57. The molecule has 2 unspecified atom stereocenters. The van der Waals surface area contributed by atoms with Crippen molar-refractivity contribution in [3.05, 3.63) is 109 Å². The number of nitrogens with zero attached hydrogens (tertiary/aromatic N) is 1. The Morgan fingerprint density at radius 2 is 0.982 bits per heavy atom. The van der Waals surface area contributed by atoms with Gasteiger partial charge in [-0.2, -0.15) is 0 Å². The van der Waals surface area contributed by atoms with Gasteiger partial charge >= 0.3 is 11.9 Å². The van der Waals surface area contributed by atoms with Crippen LogP contribution in [0.25, 0.3) is 0 Å². The number of hydrogen-bond acceptors (Lipinski definition) is 7. The van der Waals surface area contributed by atoms with E-state index in [4.69, 9.17) is 14.2 Å². The van der Waals surface area contributed by atoms with Gasteiger partial charge in [-0.15, -0.1) is 0 Å². The van der Waals surface area contributed by atoms with Gasteiger partial charge in [0.1, 0.15) is 12.6 Å².